The van der Waals surface area contributed by atoms with E-state index in [1.165, 1.54) is 12.1 Å². The van der Waals surface area contributed by atoms with Crippen molar-refractivity contribution in [1.82, 2.24) is 10.2 Å². The number of rotatable bonds is 4. The van der Waals surface area contributed by atoms with E-state index in [0.717, 1.165) is 4.90 Å². The fourth-order valence-corrected chi connectivity index (χ4v) is 4.49. The molecule has 3 aliphatic rings. The standard InChI is InChI=1S/C21H22N4O6/c22-17(27)10-4-6-11(7-5-10)18(28)23-13-3-1-2-12-16(13)21(31)25(20(12)30)14-8-9-15(26)24-19(14)29/h1-3,10-11,14H,4-9H2,(H2,22,27)(H,23,28)(H,24,26,29). The first-order valence-electron chi connectivity index (χ1n) is 10.2. The Labute approximate surface area is 177 Å². The van der Waals surface area contributed by atoms with E-state index in [4.69, 9.17) is 5.73 Å². The minimum absolute atomic E-state index is 0.0291. The van der Waals surface area contributed by atoms with Crippen LogP contribution in [-0.4, -0.2) is 46.4 Å². The molecule has 10 heteroatoms. The van der Waals surface area contributed by atoms with Gasteiger partial charge in [-0.05, 0) is 44.2 Å². The monoisotopic (exact) mass is 426 g/mol. The highest BCUT2D eigenvalue weighted by Gasteiger charge is 2.45. The van der Waals surface area contributed by atoms with Crippen molar-refractivity contribution in [3.63, 3.8) is 0 Å². The van der Waals surface area contributed by atoms with Crippen LogP contribution in [0.3, 0.4) is 0 Å². The highest BCUT2D eigenvalue weighted by molar-refractivity contribution is 6.26. The van der Waals surface area contributed by atoms with Gasteiger partial charge in [0.15, 0.2) is 0 Å². The summed E-state index contributed by atoms with van der Waals surface area (Å²) in [7, 11) is 0. The summed E-state index contributed by atoms with van der Waals surface area (Å²) in [4.78, 5) is 74.5. The van der Waals surface area contributed by atoms with E-state index in [1.807, 2.05) is 0 Å². The van der Waals surface area contributed by atoms with Crippen molar-refractivity contribution in [1.29, 1.82) is 0 Å². The first-order chi connectivity index (χ1) is 14.8. The molecular formula is C21H22N4O6. The third-order valence-electron chi connectivity index (χ3n) is 6.23. The Hall–Kier alpha value is -3.56. The second kappa shape index (κ2) is 7.93. The average molecular weight is 426 g/mol. The first kappa shape index (κ1) is 20.7. The zero-order valence-corrected chi connectivity index (χ0v) is 16.7. The highest BCUT2D eigenvalue weighted by atomic mass is 16.2. The predicted octanol–water partition coefficient (Wildman–Crippen LogP) is 0.318. The van der Waals surface area contributed by atoms with E-state index in [-0.39, 0.29) is 53.3 Å². The predicted molar refractivity (Wildman–Crippen MR) is 106 cm³/mol. The second-order valence-electron chi connectivity index (χ2n) is 8.12. The molecule has 4 N–H and O–H groups in total. The second-order valence-corrected chi connectivity index (χ2v) is 8.12. The summed E-state index contributed by atoms with van der Waals surface area (Å²) in [5.41, 5.74) is 5.67. The quantitative estimate of drug-likeness (QED) is 0.589. The molecule has 2 heterocycles. The van der Waals surface area contributed by atoms with Crippen molar-refractivity contribution in [2.45, 2.75) is 44.6 Å². The molecule has 1 saturated carbocycles. The molecule has 2 aliphatic heterocycles. The molecule has 1 aromatic rings. The molecule has 31 heavy (non-hydrogen) atoms. The summed E-state index contributed by atoms with van der Waals surface area (Å²) in [6.45, 7) is 0. The van der Waals surface area contributed by atoms with E-state index >= 15 is 0 Å². The van der Waals surface area contributed by atoms with Crippen LogP contribution < -0.4 is 16.4 Å². The minimum Gasteiger partial charge on any atom is -0.369 e. The fraction of sp³-hybridized carbons (Fsp3) is 0.429. The van der Waals surface area contributed by atoms with Crippen LogP contribution >= 0.6 is 0 Å². The smallest absolute Gasteiger partial charge is 0.264 e. The molecule has 1 aromatic carbocycles. The number of hydrogen-bond acceptors (Lipinski definition) is 6. The Morgan fingerprint density at radius 2 is 1.65 bits per heavy atom. The van der Waals surface area contributed by atoms with Crippen LogP contribution in [0.4, 0.5) is 5.69 Å². The van der Waals surface area contributed by atoms with Gasteiger partial charge < -0.3 is 11.1 Å². The Kier molecular flexibility index (Phi) is 5.30. The lowest BCUT2D eigenvalue weighted by atomic mass is 9.81. The summed E-state index contributed by atoms with van der Waals surface area (Å²) >= 11 is 0. The molecule has 10 nitrogen and oxygen atoms in total. The molecule has 0 bridgehead atoms. The molecule has 2 fully saturated rings. The highest BCUT2D eigenvalue weighted by Crippen LogP contribution is 2.34. The van der Waals surface area contributed by atoms with Crippen LogP contribution in [0.5, 0.6) is 0 Å². The molecule has 6 amide bonds. The maximum Gasteiger partial charge on any atom is 0.264 e. The number of nitrogens with zero attached hydrogens (tertiary/aromatic N) is 1. The lowest BCUT2D eigenvalue weighted by molar-refractivity contribution is -0.136. The van der Waals surface area contributed by atoms with Crippen LogP contribution in [0.1, 0.15) is 59.2 Å². The van der Waals surface area contributed by atoms with Gasteiger partial charge in [0.25, 0.3) is 11.8 Å². The number of carbonyl (C=O) groups excluding carboxylic acids is 6. The Bertz CT molecular complexity index is 1010. The zero-order chi connectivity index (χ0) is 22.3. The van der Waals surface area contributed by atoms with Gasteiger partial charge in [0.05, 0.1) is 16.8 Å². The third-order valence-corrected chi connectivity index (χ3v) is 6.23. The summed E-state index contributed by atoms with van der Waals surface area (Å²) in [6.07, 6.45) is 2.15. The lowest BCUT2D eigenvalue weighted by Crippen LogP contribution is -2.54. The van der Waals surface area contributed by atoms with Crippen LogP contribution in [0.25, 0.3) is 0 Å². The fourth-order valence-electron chi connectivity index (χ4n) is 4.49. The molecule has 1 saturated heterocycles. The summed E-state index contributed by atoms with van der Waals surface area (Å²) in [5, 5.41) is 4.89. The third kappa shape index (κ3) is 3.69. The number of primary amides is 1. The van der Waals surface area contributed by atoms with Gasteiger partial charge in [0.1, 0.15) is 6.04 Å². The molecule has 1 atom stereocenters. The van der Waals surface area contributed by atoms with Crippen molar-refractivity contribution >= 4 is 41.1 Å². The topological polar surface area (TPSA) is 156 Å². The number of carbonyl (C=O) groups is 6. The minimum atomic E-state index is -1.07. The van der Waals surface area contributed by atoms with Crippen LogP contribution in [-0.2, 0) is 19.2 Å². The van der Waals surface area contributed by atoms with Crippen molar-refractivity contribution < 1.29 is 28.8 Å². The molecular weight excluding hydrogens is 404 g/mol. The number of nitrogens with one attached hydrogen (secondary N) is 2. The molecule has 4 rings (SSSR count). The van der Waals surface area contributed by atoms with Crippen LogP contribution in [0.2, 0.25) is 0 Å². The van der Waals surface area contributed by atoms with Gasteiger partial charge in [-0.2, -0.15) is 0 Å². The average Bonchev–Trinajstić information content (AvgIpc) is 2.99. The number of anilines is 1. The Balaban J connectivity index is 1.52. The zero-order valence-electron chi connectivity index (χ0n) is 16.7. The normalized spacial score (nSPS) is 25.8. The van der Waals surface area contributed by atoms with Crippen molar-refractivity contribution in [3.05, 3.63) is 29.3 Å². The van der Waals surface area contributed by atoms with Gasteiger partial charge in [-0.1, -0.05) is 6.07 Å². The Morgan fingerprint density at radius 3 is 2.29 bits per heavy atom. The lowest BCUT2D eigenvalue weighted by Gasteiger charge is -2.28. The largest absolute Gasteiger partial charge is 0.369 e. The van der Waals surface area contributed by atoms with E-state index in [9.17, 15) is 28.8 Å². The van der Waals surface area contributed by atoms with E-state index in [0.29, 0.717) is 25.7 Å². The number of piperidine rings is 1. The van der Waals surface area contributed by atoms with Crippen LogP contribution in [0, 0.1) is 11.8 Å². The molecule has 1 unspecified atom stereocenters. The number of imide groups is 2. The molecule has 0 aromatic heterocycles. The molecule has 0 spiro atoms. The van der Waals surface area contributed by atoms with Crippen molar-refractivity contribution in [2.75, 3.05) is 5.32 Å². The molecule has 1 aliphatic carbocycles. The molecule has 162 valence electrons. The number of fused-ring (bicyclic) bond motifs is 1. The van der Waals surface area contributed by atoms with Crippen LogP contribution in [0.15, 0.2) is 18.2 Å². The van der Waals surface area contributed by atoms with Crippen molar-refractivity contribution in [2.24, 2.45) is 17.6 Å². The Morgan fingerprint density at radius 1 is 0.968 bits per heavy atom. The van der Waals surface area contributed by atoms with Crippen molar-refractivity contribution in [3.8, 4) is 0 Å². The van der Waals surface area contributed by atoms with E-state index in [2.05, 4.69) is 10.6 Å². The van der Waals surface area contributed by atoms with Gasteiger partial charge in [0.2, 0.25) is 23.6 Å². The van der Waals surface area contributed by atoms with Gasteiger partial charge in [0, 0.05) is 18.3 Å². The van der Waals surface area contributed by atoms with E-state index in [1.54, 1.807) is 6.07 Å². The summed E-state index contributed by atoms with van der Waals surface area (Å²) in [6, 6.07) is 3.48. The number of amides is 6. The number of hydrogen-bond donors (Lipinski definition) is 3. The number of nitrogens with two attached hydrogens (primary N) is 1. The first-order valence-corrected chi connectivity index (χ1v) is 10.2. The van der Waals surface area contributed by atoms with Gasteiger partial charge in [-0.3, -0.25) is 39.0 Å². The molecule has 0 radical (unpaired) electrons. The summed E-state index contributed by atoms with van der Waals surface area (Å²) < 4.78 is 0. The van der Waals surface area contributed by atoms with Gasteiger partial charge in [-0.15, -0.1) is 0 Å². The number of benzene rings is 1. The SMILES string of the molecule is NC(=O)C1CCC(C(=O)Nc2cccc3c2C(=O)N(C2CCC(=O)NC2=O)C3=O)CC1. The maximum absolute atomic E-state index is 13.1. The summed E-state index contributed by atoms with van der Waals surface area (Å²) in [5.74, 6) is -3.67. The van der Waals surface area contributed by atoms with Gasteiger partial charge >= 0.3 is 0 Å². The van der Waals surface area contributed by atoms with Gasteiger partial charge in [-0.25, -0.2) is 0 Å². The van der Waals surface area contributed by atoms with E-state index < -0.39 is 29.7 Å². The maximum atomic E-state index is 13.1.